The van der Waals surface area contributed by atoms with E-state index in [0.717, 1.165) is 6.26 Å². The summed E-state index contributed by atoms with van der Waals surface area (Å²) in [7, 11) is 1.58. The first kappa shape index (κ1) is 10.2. The lowest BCUT2D eigenvalue weighted by molar-refractivity contribution is 0.0696. The molecule has 2 aromatic rings. The van der Waals surface area contributed by atoms with Crippen LogP contribution < -0.4 is 5.69 Å². The molecular formula is C9H9N3O4. The second-order valence-corrected chi connectivity index (χ2v) is 3.29. The van der Waals surface area contributed by atoms with Crippen LogP contribution in [0.2, 0.25) is 0 Å². The number of nitrogens with zero attached hydrogens (tertiary/aromatic N) is 3. The largest absolute Gasteiger partial charge is 0.478 e. The molecule has 0 atom stereocenters. The Morgan fingerprint density at radius 2 is 2.38 bits per heavy atom. The fourth-order valence-corrected chi connectivity index (χ4v) is 1.25. The third-order valence-corrected chi connectivity index (χ3v) is 2.09. The number of aryl methyl sites for hydroxylation is 1. The molecule has 7 nitrogen and oxygen atoms in total. The molecule has 0 spiro atoms. The average Bonchev–Trinajstić information content (AvgIpc) is 2.81. The van der Waals surface area contributed by atoms with Crippen molar-refractivity contribution in [1.29, 1.82) is 0 Å². The molecule has 0 saturated carbocycles. The zero-order valence-electron chi connectivity index (χ0n) is 8.45. The summed E-state index contributed by atoms with van der Waals surface area (Å²) < 4.78 is 7.51. The monoisotopic (exact) mass is 223 g/mol. The molecule has 0 aliphatic rings. The van der Waals surface area contributed by atoms with Crippen molar-refractivity contribution >= 4 is 5.97 Å². The fourth-order valence-electron chi connectivity index (χ4n) is 1.25. The van der Waals surface area contributed by atoms with E-state index in [1.165, 1.54) is 21.6 Å². The van der Waals surface area contributed by atoms with Crippen molar-refractivity contribution in [1.82, 2.24) is 14.3 Å². The topological polar surface area (TPSA) is 90.3 Å². The summed E-state index contributed by atoms with van der Waals surface area (Å²) in [5.41, 5.74) is -0.229. The van der Waals surface area contributed by atoms with Gasteiger partial charge in [-0.2, -0.15) is 5.10 Å². The number of carboxylic acids is 1. The van der Waals surface area contributed by atoms with Crippen LogP contribution in [0.3, 0.4) is 0 Å². The highest BCUT2D eigenvalue weighted by atomic mass is 16.4. The molecule has 0 aliphatic carbocycles. The summed E-state index contributed by atoms with van der Waals surface area (Å²) in [6.45, 7) is 0.118. The summed E-state index contributed by atoms with van der Waals surface area (Å²) in [6.07, 6.45) is 2.51. The number of rotatable bonds is 3. The summed E-state index contributed by atoms with van der Waals surface area (Å²) in [4.78, 5) is 22.0. The van der Waals surface area contributed by atoms with Gasteiger partial charge in [0.15, 0.2) is 0 Å². The minimum Gasteiger partial charge on any atom is -0.478 e. The number of hydrogen-bond donors (Lipinski definition) is 1. The maximum Gasteiger partial charge on any atom is 0.345 e. The SMILES string of the molecule is Cn1cnn(Cc2cc(C(=O)O)co2)c1=O. The smallest absolute Gasteiger partial charge is 0.345 e. The normalized spacial score (nSPS) is 10.6. The Labute approximate surface area is 89.5 Å². The van der Waals surface area contributed by atoms with Crippen molar-refractivity contribution in [2.24, 2.45) is 7.05 Å². The maximum absolute atomic E-state index is 11.4. The first-order chi connectivity index (χ1) is 7.58. The zero-order chi connectivity index (χ0) is 11.7. The molecule has 16 heavy (non-hydrogen) atoms. The summed E-state index contributed by atoms with van der Waals surface area (Å²) >= 11 is 0. The van der Waals surface area contributed by atoms with E-state index in [1.54, 1.807) is 7.05 Å². The van der Waals surface area contributed by atoms with Crippen molar-refractivity contribution in [2.75, 3.05) is 0 Å². The van der Waals surface area contributed by atoms with Gasteiger partial charge < -0.3 is 9.52 Å². The Morgan fingerprint density at radius 1 is 1.62 bits per heavy atom. The van der Waals surface area contributed by atoms with Crippen LogP contribution in [-0.2, 0) is 13.6 Å². The van der Waals surface area contributed by atoms with Gasteiger partial charge >= 0.3 is 11.7 Å². The second-order valence-electron chi connectivity index (χ2n) is 3.29. The lowest BCUT2D eigenvalue weighted by Crippen LogP contribution is -2.23. The van der Waals surface area contributed by atoms with Crippen LogP contribution in [0.4, 0.5) is 0 Å². The van der Waals surface area contributed by atoms with Crippen LogP contribution in [0.15, 0.2) is 27.9 Å². The number of aromatic nitrogens is 3. The van der Waals surface area contributed by atoms with E-state index in [2.05, 4.69) is 5.10 Å². The van der Waals surface area contributed by atoms with Gasteiger partial charge in [-0.15, -0.1) is 0 Å². The molecule has 0 bridgehead atoms. The van der Waals surface area contributed by atoms with E-state index in [1.807, 2.05) is 0 Å². The van der Waals surface area contributed by atoms with Crippen molar-refractivity contribution in [2.45, 2.75) is 6.54 Å². The predicted octanol–water partition coefficient (Wildman–Crippen LogP) is -0.0787. The van der Waals surface area contributed by atoms with Crippen molar-refractivity contribution in [3.8, 4) is 0 Å². The van der Waals surface area contributed by atoms with Gasteiger partial charge in [-0.05, 0) is 6.07 Å². The second kappa shape index (κ2) is 3.69. The Bertz CT molecular complexity index is 578. The first-order valence-corrected chi connectivity index (χ1v) is 4.47. The summed E-state index contributed by atoms with van der Waals surface area (Å²) in [6, 6.07) is 1.36. The lowest BCUT2D eigenvalue weighted by Gasteiger charge is -1.94. The number of furan rings is 1. The molecule has 2 heterocycles. The molecule has 0 radical (unpaired) electrons. The number of carboxylic acid groups (broad SMARTS) is 1. The average molecular weight is 223 g/mol. The van der Waals surface area contributed by atoms with E-state index in [-0.39, 0.29) is 17.8 Å². The molecule has 0 aliphatic heterocycles. The van der Waals surface area contributed by atoms with Crippen LogP contribution in [-0.4, -0.2) is 25.4 Å². The zero-order valence-corrected chi connectivity index (χ0v) is 8.45. The molecular weight excluding hydrogens is 214 g/mol. The maximum atomic E-state index is 11.4. The van der Waals surface area contributed by atoms with Gasteiger partial charge in [0, 0.05) is 7.05 Å². The molecule has 0 unspecified atom stereocenters. The highest BCUT2D eigenvalue weighted by Gasteiger charge is 2.10. The molecule has 0 fully saturated rings. The highest BCUT2D eigenvalue weighted by molar-refractivity contribution is 5.87. The summed E-state index contributed by atoms with van der Waals surface area (Å²) in [5.74, 6) is -0.693. The summed E-state index contributed by atoms with van der Waals surface area (Å²) in [5, 5.41) is 12.5. The highest BCUT2D eigenvalue weighted by Crippen LogP contribution is 2.08. The van der Waals surface area contributed by atoms with Crippen molar-refractivity contribution in [3.63, 3.8) is 0 Å². The first-order valence-electron chi connectivity index (χ1n) is 4.47. The van der Waals surface area contributed by atoms with Crippen LogP contribution in [0, 0.1) is 0 Å². The van der Waals surface area contributed by atoms with E-state index < -0.39 is 5.97 Å². The van der Waals surface area contributed by atoms with E-state index >= 15 is 0 Å². The van der Waals surface area contributed by atoms with Gasteiger partial charge in [0.2, 0.25) is 0 Å². The molecule has 2 aromatic heterocycles. The molecule has 0 aromatic carbocycles. The predicted molar refractivity (Wildman–Crippen MR) is 52.2 cm³/mol. The minimum atomic E-state index is -1.07. The third-order valence-electron chi connectivity index (χ3n) is 2.09. The number of hydrogen-bond acceptors (Lipinski definition) is 4. The molecule has 0 amide bonds. The number of aromatic carboxylic acids is 1. The van der Waals surface area contributed by atoms with Crippen LogP contribution in [0.5, 0.6) is 0 Å². The Morgan fingerprint density at radius 3 is 2.88 bits per heavy atom. The third kappa shape index (κ3) is 1.74. The molecule has 7 heteroatoms. The molecule has 0 saturated heterocycles. The minimum absolute atomic E-state index is 0.0546. The van der Waals surface area contributed by atoms with Gasteiger partial charge in [0.05, 0.1) is 5.56 Å². The standard InChI is InChI=1S/C9H9N3O4/c1-11-5-10-12(9(11)15)3-7-2-6(4-16-7)8(13)14/h2,4-5H,3H2,1H3,(H,13,14). The Kier molecular flexibility index (Phi) is 2.35. The van der Waals surface area contributed by atoms with Gasteiger partial charge in [-0.1, -0.05) is 0 Å². The van der Waals surface area contributed by atoms with Crippen molar-refractivity contribution < 1.29 is 14.3 Å². The molecule has 2 rings (SSSR count). The van der Waals surface area contributed by atoms with E-state index in [0.29, 0.717) is 5.76 Å². The van der Waals surface area contributed by atoms with E-state index in [9.17, 15) is 9.59 Å². The van der Waals surface area contributed by atoms with Gasteiger partial charge in [-0.25, -0.2) is 14.3 Å². The lowest BCUT2D eigenvalue weighted by atomic mass is 10.3. The molecule has 84 valence electrons. The number of carbonyl (C=O) groups is 1. The van der Waals surface area contributed by atoms with Crippen LogP contribution >= 0.6 is 0 Å². The Hall–Kier alpha value is -2.31. The molecule has 1 N–H and O–H groups in total. The van der Waals surface area contributed by atoms with Crippen LogP contribution in [0.1, 0.15) is 16.1 Å². The van der Waals surface area contributed by atoms with Gasteiger partial charge in [0.25, 0.3) is 0 Å². The van der Waals surface area contributed by atoms with Crippen molar-refractivity contribution in [3.05, 3.63) is 40.5 Å². The van der Waals surface area contributed by atoms with E-state index in [4.69, 9.17) is 9.52 Å². The Balaban J connectivity index is 2.24. The van der Waals surface area contributed by atoms with Crippen LogP contribution in [0.25, 0.3) is 0 Å². The quantitative estimate of drug-likeness (QED) is 0.786. The van der Waals surface area contributed by atoms with Gasteiger partial charge in [0.1, 0.15) is 24.9 Å². The fraction of sp³-hybridized carbons (Fsp3) is 0.222. The van der Waals surface area contributed by atoms with Gasteiger partial charge in [-0.3, -0.25) is 4.57 Å².